The molecule has 0 saturated heterocycles. The molecule has 0 amide bonds. The lowest BCUT2D eigenvalue weighted by Crippen LogP contribution is -2.25. The number of aromatic amines is 1. The van der Waals surface area contributed by atoms with E-state index < -0.39 is 10.0 Å². The van der Waals surface area contributed by atoms with Gasteiger partial charge in [-0.25, -0.2) is 13.1 Å². The largest absolute Gasteiger partial charge is 0.381 e. The number of aryl methyl sites for hydroxylation is 3. The molecular formula is C11H18N6O2S. The summed E-state index contributed by atoms with van der Waals surface area (Å²) in [5.41, 5.74) is 7.66. The first kappa shape index (κ1) is 14.5. The lowest BCUT2D eigenvalue weighted by molar-refractivity contribution is 0.579. The second kappa shape index (κ2) is 5.63. The van der Waals surface area contributed by atoms with Crippen molar-refractivity contribution in [2.24, 2.45) is 7.05 Å². The van der Waals surface area contributed by atoms with Crippen molar-refractivity contribution < 1.29 is 8.42 Å². The van der Waals surface area contributed by atoms with E-state index in [4.69, 9.17) is 5.73 Å². The minimum atomic E-state index is -3.60. The average molecular weight is 298 g/mol. The lowest BCUT2D eigenvalue weighted by atomic mass is 10.1. The van der Waals surface area contributed by atoms with Crippen LogP contribution in [0.2, 0.25) is 0 Å². The van der Waals surface area contributed by atoms with E-state index in [9.17, 15) is 8.42 Å². The van der Waals surface area contributed by atoms with E-state index in [-0.39, 0.29) is 10.7 Å². The fourth-order valence-corrected chi connectivity index (χ4v) is 3.06. The fraction of sp³-hybridized carbons (Fsp3) is 0.455. The zero-order valence-corrected chi connectivity index (χ0v) is 12.2. The zero-order chi connectivity index (χ0) is 14.8. The zero-order valence-electron chi connectivity index (χ0n) is 11.4. The summed E-state index contributed by atoms with van der Waals surface area (Å²) in [6, 6.07) is 0. The number of aromatic nitrogens is 4. The Bertz CT molecular complexity index is 688. The molecule has 0 atom stereocenters. The molecule has 0 radical (unpaired) electrons. The Labute approximate surface area is 117 Å². The summed E-state index contributed by atoms with van der Waals surface area (Å²) < 4.78 is 28.0. The monoisotopic (exact) mass is 298 g/mol. The molecule has 2 heterocycles. The van der Waals surface area contributed by atoms with Gasteiger partial charge in [-0.2, -0.15) is 10.2 Å². The summed E-state index contributed by atoms with van der Waals surface area (Å²) in [4.78, 5) is 0.0134. The maximum absolute atomic E-state index is 12.0. The number of anilines is 1. The van der Waals surface area contributed by atoms with Crippen molar-refractivity contribution >= 4 is 15.8 Å². The molecule has 0 aliphatic carbocycles. The molecule has 2 aromatic rings. The van der Waals surface area contributed by atoms with Gasteiger partial charge in [0.25, 0.3) is 0 Å². The molecule has 0 aromatic carbocycles. The Morgan fingerprint density at radius 1 is 1.50 bits per heavy atom. The molecule has 8 nitrogen and oxygen atoms in total. The third kappa shape index (κ3) is 3.17. The van der Waals surface area contributed by atoms with Gasteiger partial charge >= 0.3 is 0 Å². The van der Waals surface area contributed by atoms with E-state index in [0.29, 0.717) is 13.0 Å². The Balaban J connectivity index is 1.90. The molecule has 0 bridgehead atoms. The fourth-order valence-electron chi connectivity index (χ4n) is 1.88. The van der Waals surface area contributed by atoms with Crippen molar-refractivity contribution in [3.05, 3.63) is 23.7 Å². The first-order valence-electron chi connectivity index (χ1n) is 6.18. The Hall–Kier alpha value is -1.87. The van der Waals surface area contributed by atoms with Crippen molar-refractivity contribution in [1.29, 1.82) is 0 Å². The van der Waals surface area contributed by atoms with E-state index in [1.165, 1.54) is 10.9 Å². The molecule has 2 rings (SSSR count). The molecule has 0 unspecified atom stereocenters. The van der Waals surface area contributed by atoms with E-state index in [2.05, 4.69) is 20.0 Å². The molecule has 20 heavy (non-hydrogen) atoms. The van der Waals surface area contributed by atoms with Gasteiger partial charge in [-0.3, -0.25) is 9.78 Å². The average Bonchev–Trinajstić information content (AvgIpc) is 2.91. The number of nitrogens with one attached hydrogen (secondary N) is 2. The van der Waals surface area contributed by atoms with Crippen LogP contribution in [0.4, 0.5) is 5.82 Å². The molecule has 0 saturated carbocycles. The Morgan fingerprint density at radius 3 is 2.80 bits per heavy atom. The van der Waals surface area contributed by atoms with Gasteiger partial charge in [-0.15, -0.1) is 0 Å². The molecule has 0 spiro atoms. The molecule has 0 aliphatic heterocycles. The summed E-state index contributed by atoms with van der Waals surface area (Å²) in [6.07, 6.45) is 4.58. The minimum absolute atomic E-state index is 0.00526. The van der Waals surface area contributed by atoms with Crippen molar-refractivity contribution in [2.45, 2.75) is 24.7 Å². The van der Waals surface area contributed by atoms with Crippen LogP contribution in [-0.4, -0.2) is 34.9 Å². The van der Waals surface area contributed by atoms with Crippen LogP contribution in [0.5, 0.6) is 0 Å². The lowest BCUT2D eigenvalue weighted by Gasteiger charge is -2.05. The van der Waals surface area contributed by atoms with Gasteiger partial charge in [0.2, 0.25) is 10.0 Å². The Morgan fingerprint density at radius 2 is 2.25 bits per heavy atom. The topological polar surface area (TPSA) is 119 Å². The predicted molar refractivity (Wildman–Crippen MR) is 74.5 cm³/mol. The molecule has 0 fully saturated rings. The molecular weight excluding hydrogens is 280 g/mol. The molecule has 2 aromatic heterocycles. The van der Waals surface area contributed by atoms with E-state index in [0.717, 1.165) is 17.7 Å². The van der Waals surface area contributed by atoms with Crippen LogP contribution in [0, 0.1) is 6.92 Å². The number of hydrogen-bond donors (Lipinski definition) is 3. The van der Waals surface area contributed by atoms with Crippen molar-refractivity contribution in [1.82, 2.24) is 24.7 Å². The SMILES string of the molecule is Cc1[nH]ncc1CCCNS(=O)(=O)c1cn(C)nc1N. The van der Waals surface area contributed by atoms with Gasteiger partial charge in [0.05, 0.1) is 6.20 Å². The number of H-pyrrole nitrogens is 1. The maximum atomic E-state index is 12.0. The second-order valence-electron chi connectivity index (χ2n) is 4.57. The molecule has 9 heteroatoms. The normalized spacial score (nSPS) is 11.9. The van der Waals surface area contributed by atoms with E-state index >= 15 is 0 Å². The van der Waals surface area contributed by atoms with Crippen molar-refractivity contribution in [3.63, 3.8) is 0 Å². The smallest absolute Gasteiger partial charge is 0.245 e. The van der Waals surface area contributed by atoms with Crippen LogP contribution in [-0.2, 0) is 23.5 Å². The summed E-state index contributed by atoms with van der Waals surface area (Å²) >= 11 is 0. The first-order chi connectivity index (χ1) is 9.40. The van der Waals surface area contributed by atoms with Crippen LogP contribution in [0.1, 0.15) is 17.7 Å². The third-order valence-electron chi connectivity index (χ3n) is 2.96. The quantitative estimate of drug-likeness (QED) is 0.646. The number of hydrogen-bond acceptors (Lipinski definition) is 5. The standard InChI is InChI=1S/C11H18N6O2S/c1-8-9(6-13-15-8)4-3-5-14-20(18,19)10-7-17(2)16-11(10)12/h6-7,14H,3-5H2,1-2H3,(H2,12,16)(H,13,15). The highest BCUT2D eigenvalue weighted by atomic mass is 32.2. The number of nitrogens with zero attached hydrogens (tertiary/aromatic N) is 3. The summed E-state index contributed by atoms with van der Waals surface area (Å²) in [5.74, 6) is 0.00526. The van der Waals surface area contributed by atoms with Crippen LogP contribution < -0.4 is 10.5 Å². The van der Waals surface area contributed by atoms with Gasteiger partial charge in [-0.1, -0.05) is 0 Å². The van der Waals surface area contributed by atoms with Gasteiger partial charge in [0.15, 0.2) is 5.82 Å². The number of nitrogens with two attached hydrogens (primary N) is 1. The second-order valence-corrected chi connectivity index (χ2v) is 6.31. The molecule has 110 valence electrons. The maximum Gasteiger partial charge on any atom is 0.245 e. The van der Waals surface area contributed by atoms with Crippen molar-refractivity contribution in [2.75, 3.05) is 12.3 Å². The molecule has 4 N–H and O–H groups in total. The highest BCUT2D eigenvalue weighted by Gasteiger charge is 2.19. The Kier molecular flexibility index (Phi) is 4.09. The van der Waals surface area contributed by atoms with Crippen LogP contribution >= 0.6 is 0 Å². The summed E-state index contributed by atoms with van der Waals surface area (Å²) in [5, 5.41) is 10.6. The predicted octanol–water partition coefficient (Wildman–Crippen LogP) is -0.0551. The van der Waals surface area contributed by atoms with Gasteiger partial charge < -0.3 is 5.73 Å². The van der Waals surface area contributed by atoms with Gasteiger partial charge in [0, 0.05) is 25.5 Å². The summed E-state index contributed by atoms with van der Waals surface area (Å²) in [6.45, 7) is 2.27. The highest BCUT2D eigenvalue weighted by Crippen LogP contribution is 2.15. The van der Waals surface area contributed by atoms with Crippen molar-refractivity contribution in [3.8, 4) is 0 Å². The summed E-state index contributed by atoms with van der Waals surface area (Å²) in [7, 11) is -1.98. The highest BCUT2D eigenvalue weighted by molar-refractivity contribution is 7.89. The third-order valence-corrected chi connectivity index (χ3v) is 4.44. The number of rotatable bonds is 6. The van der Waals surface area contributed by atoms with Crippen LogP contribution in [0.25, 0.3) is 0 Å². The van der Waals surface area contributed by atoms with Crippen LogP contribution in [0.15, 0.2) is 17.3 Å². The van der Waals surface area contributed by atoms with E-state index in [1.807, 2.05) is 6.92 Å². The van der Waals surface area contributed by atoms with Crippen LogP contribution in [0.3, 0.4) is 0 Å². The first-order valence-corrected chi connectivity index (χ1v) is 7.66. The molecule has 0 aliphatic rings. The number of sulfonamides is 1. The minimum Gasteiger partial charge on any atom is -0.381 e. The van der Waals surface area contributed by atoms with E-state index in [1.54, 1.807) is 13.2 Å². The van der Waals surface area contributed by atoms with Gasteiger partial charge in [0.1, 0.15) is 4.90 Å². The number of nitrogen functional groups attached to an aromatic ring is 1. The van der Waals surface area contributed by atoms with Gasteiger partial charge in [-0.05, 0) is 25.3 Å².